The maximum absolute atomic E-state index is 12.0. The molecule has 0 aliphatic carbocycles. The molecule has 0 N–H and O–H groups in total. The summed E-state index contributed by atoms with van der Waals surface area (Å²) in [5, 5.41) is 0. The van der Waals surface area contributed by atoms with Crippen LogP contribution in [0.1, 0.15) is 30.9 Å². The second-order valence-corrected chi connectivity index (χ2v) is 5.91. The summed E-state index contributed by atoms with van der Waals surface area (Å²) >= 11 is 0. The molecular weight excluding hydrogens is 294 g/mol. The van der Waals surface area contributed by atoms with E-state index >= 15 is 0 Å². The van der Waals surface area contributed by atoms with Crippen molar-refractivity contribution in [2.75, 3.05) is 33.9 Å². The second-order valence-electron chi connectivity index (χ2n) is 5.91. The van der Waals surface area contributed by atoms with Crippen molar-refractivity contribution >= 4 is 5.97 Å². The molecule has 0 unspecified atom stereocenters. The molecule has 1 aliphatic heterocycles. The Bertz CT molecular complexity index is 544. The number of rotatable bonds is 6. The van der Waals surface area contributed by atoms with E-state index in [0.29, 0.717) is 6.61 Å². The lowest BCUT2D eigenvalue weighted by molar-refractivity contribution is -0.150. The molecule has 5 heteroatoms. The van der Waals surface area contributed by atoms with Crippen molar-refractivity contribution in [2.24, 2.45) is 5.92 Å². The van der Waals surface area contributed by atoms with Crippen LogP contribution in [0.2, 0.25) is 0 Å². The van der Waals surface area contributed by atoms with E-state index in [1.165, 1.54) is 0 Å². The van der Waals surface area contributed by atoms with Crippen molar-refractivity contribution in [3.63, 3.8) is 0 Å². The lowest BCUT2D eigenvalue weighted by atomic mass is 9.97. The van der Waals surface area contributed by atoms with Gasteiger partial charge in [-0.05, 0) is 39.3 Å². The largest absolute Gasteiger partial charge is 0.496 e. The van der Waals surface area contributed by atoms with Crippen molar-refractivity contribution in [2.45, 2.75) is 33.2 Å². The monoisotopic (exact) mass is 321 g/mol. The van der Waals surface area contributed by atoms with Crippen molar-refractivity contribution < 1.29 is 19.0 Å². The van der Waals surface area contributed by atoms with Gasteiger partial charge in [0.2, 0.25) is 0 Å². The highest BCUT2D eigenvalue weighted by atomic mass is 16.5. The first kappa shape index (κ1) is 17.6. The zero-order chi connectivity index (χ0) is 16.8. The average Bonchev–Trinajstić information content (AvgIpc) is 2.56. The van der Waals surface area contributed by atoms with Gasteiger partial charge in [0.1, 0.15) is 11.5 Å². The number of hydrogen-bond donors (Lipinski definition) is 0. The van der Waals surface area contributed by atoms with Crippen molar-refractivity contribution in [1.82, 2.24) is 4.90 Å². The zero-order valence-electron chi connectivity index (χ0n) is 14.6. The Kier molecular flexibility index (Phi) is 6.28. The van der Waals surface area contributed by atoms with Crippen LogP contribution in [0.5, 0.6) is 11.5 Å². The summed E-state index contributed by atoms with van der Waals surface area (Å²) in [4.78, 5) is 14.3. The fraction of sp³-hybridized carbons (Fsp3) is 0.611. The Morgan fingerprint density at radius 3 is 2.74 bits per heavy atom. The van der Waals surface area contributed by atoms with Crippen LogP contribution >= 0.6 is 0 Å². The molecule has 1 aromatic carbocycles. The number of benzene rings is 1. The number of piperidine rings is 1. The summed E-state index contributed by atoms with van der Waals surface area (Å²) in [7, 11) is 3.35. The highest BCUT2D eigenvalue weighted by Gasteiger charge is 2.27. The molecule has 1 fully saturated rings. The normalized spacial score (nSPS) is 18.5. The van der Waals surface area contributed by atoms with Crippen LogP contribution in [0.3, 0.4) is 0 Å². The molecule has 0 aromatic heterocycles. The van der Waals surface area contributed by atoms with Gasteiger partial charge >= 0.3 is 5.97 Å². The van der Waals surface area contributed by atoms with Crippen LogP contribution < -0.4 is 9.47 Å². The first-order valence-corrected chi connectivity index (χ1v) is 8.20. The van der Waals surface area contributed by atoms with Crippen LogP contribution in [-0.4, -0.2) is 44.8 Å². The van der Waals surface area contributed by atoms with Crippen molar-refractivity contribution in [3.8, 4) is 11.5 Å². The van der Waals surface area contributed by atoms with Gasteiger partial charge in [0, 0.05) is 24.2 Å². The van der Waals surface area contributed by atoms with Gasteiger partial charge in [-0.15, -0.1) is 0 Å². The van der Waals surface area contributed by atoms with Crippen LogP contribution in [0, 0.1) is 12.8 Å². The Balaban J connectivity index is 2.09. The van der Waals surface area contributed by atoms with Crippen LogP contribution in [0.4, 0.5) is 0 Å². The van der Waals surface area contributed by atoms with Gasteiger partial charge < -0.3 is 14.2 Å². The quantitative estimate of drug-likeness (QED) is 0.754. The minimum Gasteiger partial charge on any atom is -0.496 e. The first-order valence-electron chi connectivity index (χ1n) is 8.20. The number of likely N-dealkylation sites (tertiary alicyclic amines) is 1. The molecule has 2 rings (SSSR count). The van der Waals surface area contributed by atoms with E-state index in [4.69, 9.17) is 14.2 Å². The minimum atomic E-state index is -0.0740. The maximum atomic E-state index is 12.0. The van der Waals surface area contributed by atoms with E-state index in [1.807, 2.05) is 26.0 Å². The molecule has 1 atom stereocenters. The summed E-state index contributed by atoms with van der Waals surface area (Å²) in [5.74, 6) is 1.60. The lowest BCUT2D eigenvalue weighted by Gasteiger charge is -2.32. The number of esters is 1. The van der Waals surface area contributed by atoms with Crippen molar-refractivity contribution in [3.05, 3.63) is 23.3 Å². The summed E-state index contributed by atoms with van der Waals surface area (Å²) < 4.78 is 16.1. The van der Waals surface area contributed by atoms with Gasteiger partial charge in [0.25, 0.3) is 0 Å². The van der Waals surface area contributed by atoms with Gasteiger partial charge in [-0.25, -0.2) is 0 Å². The number of carbonyl (C=O) groups excluding carboxylic acids is 1. The van der Waals surface area contributed by atoms with Crippen LogP contribution in [-0.2, 0) is 16.1 Å². The molecule has 0 amide bonds. The highest BCUT2D eigenvalue weighted by Crippen LogP contribution is 2.32. The van der Waals surface area contributed by atoms with Crippen molar-refractivity contribution in [1.29, 1.82) is 0 Å². The summed E-state index contributed by atoms with van der Waals surface area (Å²) in [5.41, 5.74) is 2.13. The second kappa shape index (κ2) is 8.20. The Morgan fingerprint density at radius 2 is 2.09 bits per heavy atom. The molecule has 1 saturated heterocycles. The van der Waals surface area contributed by atoms with Gasteiger partial charge in [-0.1, -0.05) is 6.07 Å². The van der Waals surface area contributed by atoms with E-state index in [1.54, 1.807) is 14.2 Å². The zero-order valence-corrected chi connectivity index (χ0v) is 14.6. The molecule has 23 heavy (non-hydrogen) atoms. The molecular formula is C18H27NO4. The van der Waals surface area contributed by atoms with Crippen LogP contribution in [0.15, 0.2) is 12.1 Å². The summed E-state index contributed by atoms with van der Waals surface area (Å²) in [6.45, 7) is 6.80. The van der Waals surface area contributed by atoms with Gasteiger partial charge in [-0.3, -0.25) is 9.69 Å². The van der Waals surface area contributed by atoms with Crippen LogP contribution in [0.25, 0.3) is 0 Å². The molecule has 0 radical (unpaired) electrons. The number of carbonyl (C=O) groups is 1. The van der Waals surface area contributed by atoms with E-state index < -0.39 is 0 Å². The van der Waals surface area contributed by atoms with Gasteiger partial charge in [0.15, 0.2) is 0 Å². The number of ether oxygens (including phenoxy) is 3. The van der Waals surface area contributed by atoms with E-state index in [0.717, 1.165) is 55.1 Å². The Labute approximate surface area is 138 Å². The fourth-order valence-electron chi connectivity index (χ4n) is 3.25. The predicted molar refractivity (Wildman–Crippen MR) is 88.9 cm³/mol. The van der Waals surface area contributed by atoms with E-state index in [2.05, 4.69) is 4.90 Å². The standard InChI is InChI=1S/C18H27NO4/c1-5-23-18(20)15-7-6-10-19(12-15)11-14-8-9-16(21-3)13(2)17(14)22-4/h8-9,15H,5-7,10-12H2,1-4H3/t15-/m1/s1. The first-order chi connectivity index (χ1) is 11.1. The fourth-order valence-corrected chi connectivity index (χ4v) is 3.25. The topological polar surface area (TPSA) is 48.0 Å². The van der Waals surface area contributed by atoms with Gasteiger partial charge in [0.05, 0.1) is 26.7 Å². The number of nitrogens with zero attached hydrogens (tertiary/aromatic N) is 1. The predicted octanol–water partition coefficient (Wildman–Crippen LogP) is 2.79. The molecule has 5 nitrogen and oxygen atoms in total. The number of methoxy groups -OCH3 is 2. The van der Waals surface area contributed by atoms with E-state index in [-0.39, 0.29) is 11.9 Å². The van der Waals surface area contributed by atoms with Gasteiger partial charge in [-0.2, -0.15) is 0 Å². The highest BCUT2D eigenvalue weighted by molar-refractivity contribution is 5.72. The Hall–Kier alpha value is -1.75. The molecule has 1 aromatic rings. The molecule has 128 valence electrons. The molecule has 0 saturated carbocycles. The maximum Gasteiger partial charge on any atom is 0.310 e. The molecule has 0 bridgehead atoms. The van der Waals surface area contributed by atoms with E-state index in [9.17, 15) is 4.79 Å². The summed E-state index contributed by atoms with van der Waals surface area (Å²) in [6, 6.07) is 4.01. The molecule has 1 aliphatic rings. The third-order valence-corrected chi connectivity index (χ3v) is 4.38. The molecule has 0 spiro atoms. The summed E-state index contributed by atoms with van der Waals surface area (Å²) in [6.07, 6.45) is 1.93. The lowest BCUT2D eigenvalue weighted by Crippen LogP contribution is -2.39. The third-order valence-electron chi connectivity index (χ3n) is 4.38. The Morgan fingerprint density at radius 1 is 1.30 bits per heavy atom. The third kappa shape index (κ3) is 4.16. The minimum absolute atomic E-state index is 0.0194. The SMILES string of the molecule is CCOC(=O)[C@@H]1CCCN(Cc2ccc(OC)c(C)c2OC)C1. The molecule has 1 heterocycles. The number of hydrogen-bond acceptors (Lipinski definition) is 5. The smallest absolute Gasteiger partial charge is 0.310 e. The average molecular weight is 321 g/mol.